The molecule has 0 bridgehead atoms. The van der Waals surface area contributed by atoms with Crippen LogP contribution >= 0.6 is 0 Å². The lowest BCUT2D eigenvalue weighted by atomic mass is 9.96. The molecule has 160 valence electrons. The van der Waals surface area contributed by atoms with E-state index in [0.29, 0.717) is 17.6 Å². The number of carboxylic acid groups (broad SMARTS) is 1. The van der Waals surface area contributed by atoms with Gasteiger partial charge in [-0.3, -0.25) is 4.79 Å². The Kier molecular flexibility index (Phi) is 4.37. The highest BCUT2D eigenvalue weighted by atomic mass is 19.1. The molecule has 1 saturated carbocycles. The highest BCUT2D eigenvalue weighted by molar-refractivity contribution is 6.02. The molecule has 0 amide bonds. The predicted molar refractivity (Wildman–Crippen MR) is 112 cm³/mol. The minimum absolute atomic E-state index is 0.00933. The van der Waals surface area contributed by atoms with Crippen LogP contribution in [-0.4, -0.2) is 22.9 Å². The average Bonchev–Trinajstić information content (AvgIpc) is 3.48. The van der Waals surface area contributed by atoms with Crippen LogP contribution in [0.5, 0.6) is 11.5 Å². The van der Waals surface area contributed by atoms with E-state index >= 15 is 4.39 Å². The summed E-state index contributed by atoms with van der Waals surface area (Å²) in [7, 11) is 1.41. The fourth-order valence-electron chi connectivity index (χ4n) is 4.27. The Morgan fingerprint density at radius 2 is 2.03 bits per heavy atom. The van der Waals surface area contributed by atoms with E-state index in [-0.39, 0.29) is 28.4 Å². The summed E-state index contributed by atoms with van der Waals surface area (Å²) in [5.74, 6) is -1.03. The quantitative estimate of drug-likeness (QED) is 0.433. The molecule has 0 radical (unpaired) electrons. The SMILES string of the molecule is COc1c(-c2ccc3c(c2)CNC3)c(F)c(N)c2c(=O)c(OC(=O)O)cn(C3CC3)c12. The molecule has 2 aromatic carbocycles. The summed E-state index contributed by atoms with van der Waals surface area (Å²) in [6.45, 7) is 1.43. The van der Waals surface area contributed by atoms with E-state index in [1.165, 1.54) is 13.3 Å². The number of aromatic nitrogens is 1. The van der Waals surface area contributed by atoms with Crippen LogP contribution in [0.3, 0.4) is 0 Å². The summed E-state index contributed by atoms with van der Waals surface area (Å²) in [5.41, 5.74) is 8.26. The Bertz CT molecular complexity index is 1310. The number of benzene rings is 2. The molecule has 0 saturated heterocycles. The van der Waals surface area contributed by atoms with Crippen molar-refractivity contribution in [3.8, 4) is 22.6 Å². The third-order valence-corrected chi connectivity index (χ3v) is 5.84. The summed E-state index contributed by atoms with van der Waals surface area (Å²) in [4.78, 5) is 24.0. The summed E-state index contributed by atoms with van der Waals surface area (Å²) >= 11 is 0. The van der Waals surface area contributed by atoms with E-state index in [1.807, 2.05) is 12.1 Å². The van der Waals surface area contributed by atoms with E-state index in [2.05, 4.69) is 10.1 Å². The minimum atomic E-state index is -1.63. The van der Waals surface area contributed by atoms with Gasteiger partial charge in [-0.25, -0.2) is 9.18 Å². The molecule has 3 aromatic rings. The Morgan fingerprint density at radius 3 is 2.71 bits per heavy atom. The first-order valence-electron chi connectivity index (χ1n) is 9.88. The van der Waals surface area contributed by atoms with E-state index in [0.717, 1.165) is 30.5 Å². The highest BCUT2D eigenvalue weighted by Crippen LogP contribution is 2.46. The van der Waals surface area contributed by atoms with Gasteiger partial charge in [0.1, 0.15) is 0 Å². The number of anilines is 1. The molecule has 31 heavy (non-hydrogen) atoms. The lowest BCUT2D eigenvalue weighted by Gasteiger charge is -2.20. The topological polar surface area (TPSA) is 116 Å². The summed E-state index contributed by atoms with van der Waals surface area (Å²) in [6, 6.07) is 5.64. The second-order valence-corrected chi connectivity index (χ2v) is 7.78. The Labute approximate surface area is 176 Å². The van der Waals surface area contributed by atoms with Gasteiger partial charge in [0.05, 0.1) is 35.5 Å². The van der Waals surface area contributed by atoms with Gasteiger partial charge in [-0.15, -0.1) is 0 Å². The Balaban J connectivity index is 1.87. The lowest BCUT2D eigenvalue weighted by molar-refractivity contribution is 0.143. The second-order valence-electron chi connectivity index (χ2n) is 7.78. The molecule has 0 atom stereocenters. The number of nitrogens with two attached hydrogens (primary N) is 1. The number of nitrogens with one attached hydrogen (secondary N) is 1. The highest BCUT2D eigenvalue weighted by Gasteiger charge is 2.32. The maximum atomic E-state index is 15.6. The van der Waals surface area contributed by atoms with Gasteiger partial charge < -0.3 is 30.2 Å². The van der Waals surface area contributed by atoms with Crippen LogP contribution in [0.15, 0.2) is 29.2 Å². The molecule has 0 unspecified atom stereocenters. The fourth-order valence-corrected chi connectivity index (χ4v) is 4.27. The van der Waals surface area contributed by atoms with Crippen molar-refractivity contribution < 1.29 is 23.8 Å². The fraction of sp³-hybridized carbons (Fsp3) is 0.273. The van der Waals surface area contributed by atoms with E-state index in [9.17, 15) is 9.59 Å². The van der Waals surface area contributed by atoms with Gasteiger partial charge in [-0.05, 0) is 35.6 Å². The zero-order valence-corrected chi connectivity index (χ0v) is 16.7. The van der Waals surface area contributed by atoms with Gasteiger partial charge >= 0.3 is 6.16 Å². The first-order chi connectivity index (χ1) is 14.9. The van der Waals surface area contributed by atoms with Crippen molar-refractivity contribution in [3.05, 3.63) is 51.6 Å². The number of nitrogen functional groups attached to an aromatic ring is 1. The number of fused-ring (bicyclic) bond motifs is 2. The molecule has 5 rings (SSSR count). The van der Waals surface area contributed by atoms with E-state index in [1.54, 1.807) is 10.6 Å². The number of pyridine rings is 1. The number of methoxy groups -OCH3 is 1. The van der Waals surface area contributed by atoms with Gasteiger partial charge in [-0.1, -0.05) is 12.1 Å². The van der Waals surface area contributed by atoms with Crippen molar-refractivity contribution >= 4 is 22.7 Å². The van der Waals surface area contributed by atoms with E-state index < -0.39 is 23.2 Å². The zero-order valence-electron chi connectivity index (χ0n) is 16.7. The number of halogens is 1. The largest absolute Gasteiger partial charge is 0.511 e. The monoisotopic (exact) mass is 425 g/mol. The third kappa shape index (κ3) is 3.00. The summed E-state index contributed by atoms with van der Waals surface area (Å²) < 4.78 is 27.6. The number of ether oxygens (including phenoxy) is 2. The van der Waals surface area contributed by atoms with Gasteiger partial charge in [-0.2, -0.15) is 0 Å². The van der Waals surface area contributed by atoms with Crippen LogP contribution in [0.2, 0.25) is 0 Å². The van der Waals surface area contributed by atoms with Crippen molar-refractivity contribution in [2.45, 2.75) is 32.0 Å². The smallest absolute Gasteiger partial charge is 0.494 e. The molecular formula is C22H20FN3O5. The zero-order chi connectivity index (χ0) is 21.9. The van der Waals surface area contributed by atoms with Crippen LogP contribution in [0.25, 0.3) is 22.0 Å². The molecule has 0 spiro atoms. The van der Waals surface area contributed by atoms with Crippen molar-refractivity contribution in [3.63, 3.8) is 0 Å². The molecule has 4 N–H and O–H groups in total. The van der Waals surface area contributed by atoms with Gasteiger partial charge in [0.15, 0.2) is 17.3 Å². The van der Waals surface area contributed by atoms with Crippen molar-refractivity contribution in [1.82, 2.24) is 9.88 Å². The standard InChI is InChI=1S/C22H20FN3O5/c1-30-21-15(10-2-3-11-7-25-8-12(11)6-10)17(23)18(24)16-19(21)26(13-4-5-13)9-14(20(16)27)31-22(28)29/h2-3,6,9,13,25H,4-5,7-8,24H2,1H3,(H,28,29). The van der Waals surface area contributed by atoms with Crippen LogP contribution in [0.1, 0.15) is 30.0 Å². The molecule has 2 aliphatic rings. The number of hydrogen-bond donors (Lipinski definition) is 3. The molecule has 1 aliphatic heterocycles. The van der Waals surface area contributed by atoms with Crippen LogP contribution < -0.4 is 26.0 Å². The lowest BCUT2D eigenvalue weighted by Crippen LogP contribution is -2.18. The van der Waals surface area contributed by atoms with Crippen molar-refractivity contribution in [1.29, 1.82) is 0 Å². The molecule has 8 nitrogen and oxygen atoms in total. The summed E-state index contributed by atoms with van der Waals surface area (Å²) in [6.07, 6.45) is 1.36. The predicted octanol–water partition coefficient (Wildman–Crippen LogP) is 3.39. The number of nitrogens with zero attached hydrogens (tertiary/aromatic N) is 1. The molecule has 1 fully saturated rings. The molecular weight excluding hydrogens is 405 g/mol. The van der Waals surface area contributed by atoms with Crippen molar-refractivity contribution in [2.24, 2.45) is 0 Å². The average molecular weight is 425 g/mol. The summed E-state index contributed by atoms with van der Waals surface area (Å²) in [5, 5.41) is 12.1. The maximum Gasteiger partial charge on any atom is 0.511 e. The normalized spacial score (nSPS) is 15.2. The number of carbonyl (C=O) groups is 1. The third-order valence-electron chi connectivity index (χ3n) is 5.84. The minimum Gasteiger partial charge on any atom is -0.494 e. The van der Waals surface area contributed by atoms with Crippen molar-refractivity contribution in [2.75, 3.05) is 12.8 Å². The Morgan fingerprint density at radius 1 is 1.29 bits per heavy atom. The first kappa shape index (κ1) is 19.4. The van der Waals surface area contributed by atoms with Crippen LogP contribution in [-0.2, 0) is 13.1 Å². The van der Waals surface area contributed by atoms with Gasteiger partial charge in [0.25, 0.3) is 0 Å². The molecule has 2 heterocycles. The molecule has 1 aliphatic carbocycles. The first-order valence-corrected chi connectivity index (χ1v) is 9.88. The van der Waals surface area contributed by atoms with Gasteiger partial charge in [0.2, 0.25) is 5.43 Å². The second kappa shape index (κ2) is 6.98. The molecule has 9 heteroatoms. The van der Waals surface area contributed by atoms with E-state index in [4.69, 9.17) is 15.6 Å². The van der Waals surface area contributed by atoms with Crippen LogP contribution in [0.4, 0.5) is 14.9 Å². The van der Waals surface area contributed by atoms with Gasteiger partial charge in [0, 0.05) is 19.1 Å². The maximum absolute atomic E-state index is 15.6. The number of hydrogen-bond acceptors (Lipinski definition) is 6. The number of rotatable bonds is 4. The Hall–Kier alpha value is -3.59. The molecule has 1 aromatic heterocycles. The van der Waals surface area contributed by atoms with Crippen LogP contribution in [0, 0.1) is 5.82 Å².